The number of rotatable bonds is 7. The van der Waals surface area contributed by atoms with Crippen molar-refractivity contribution in [3.63, 3.8) is 0 Å². The van der Waals surface area contributed by atoms with Gasteiger partial charge in [-0.2, -0.15) is 5.10 Å². The third-order valence-electron chi connectivity index (χ3n) is 4.88. The first kappa shape index (κ1) is 21.8. The molecular formula is C24H22FN5O3. The Morgan fingerprint density at radius 1 is 1.03 bits per heavy atom. The number of hydrogen-bond acceptors (Lipinski definition) is 4. The van der Waals surface area contributed by atoms with Gasteiger partial charge >= 0.3 is 0 Å². The molecule has 1 N–H and O–H groups in total. The topological polar surface area (TPSA) is 81.4 Å². The van der Waals surface area contributed by atoms with Gasteiger partial charge < -0.3 is 19.5 Å². The lowest BCUT2D eigenvalue weighted by Crippen LogP contribution is -2.27. The van der Waals surface area contributed by atoms with Crippen LogP contribution in [0.4, 0.5) is 10.1 Å². The summed E-state index contributed by atoms with van der Waals surface area (Å²) in [5.74, 6) is 0.170. The second kappa shape index (κ2) is 9.39. The molecule has 0 radical (unpaired) electrons. The van der Waals surface area contributed by atoms with E-state index < -0.39 is 0 Å². The molecule has 0 unspecified atom stereocenters. The minimum absolute atomic E-state index is 0.0680. The largest absolute Gasteiger partial charge is 0.484 e. The summed E-state index contributed by atoms with van der Waals surface area (Å²) < 4.78 is 22.2. The van der Waals surface area contributed by atoms with E-state index in [-0.39, 0.29) is 24.2 Å². The maximum Gasteiger partial charge on any atom is 0.261 e. The van der Waals surface area contributed by atoms with E-state index in [9.17, 15) is 14.0 Å². The predicted octanol–water partition coefficient (Wildman–Crippen LogP) is 3.52. The van der Waals surface area contributed by atoms with Gasteiger partial charge in [-0.15, -0.1) is 0 Å². The first-order valence-corrected chi connectivity index (χ1v) is 10.1. The molecule has 0 fully saturated rings. The van der Waals surface area contributed by atoms with Crippen molar-refractivity contribution in [2.75, 3.05) is 26.0 Å². The molecule has 4 aromatic rings. The van der Waals surface area contributed by atoms with Crippen LogP contribution in [0.25, 0.3) is 11.5 Å². The van der Waals surface area contributed by atoms with Gasteiger partial charge in [-0.3, -0.25) is 9.59 Å². The number of nitrogens with zero attached hydrogens (tertiary/aromatic N) is 4. The van der Waals surface area contributed by atoms with Crippen molar-refractivity contribution in [1.29, 1.82) is 0 Å². The molecule has 0 aliphatic rings. The van der Waals surface area contributed by atoms with Crippen molar-refractivity contribution in [3.8, 4) is 17.3 Å². The second-order valence-electron chi connectivity index (χ2n) is 7.42. The summed E-state index contributed by atoms with van der Waals surface area (Å²) >= 11 is 0. The van der Waals surface area contributed by atoms with Gasteiger partial charge in [0.25, 0.3) is 11.8 Å². The Bertz CT molecular complexity index is 1250. The summed E-state index contributed by atoms with van der Waals surface area (Å²) in [5.41, 5.74) is 1.51. The number of carbonyl (C=O) groups excluding carboxylic acids is 2. The first-order chi connectivity index (χ1) is 15.9. The standard InChI is InChI=1S/C24H22FN5O3/c1-28(2)22(31)16-33-20-11-7-18(8-12-20)27-23(32)21-15-26-30(19-9-5-17(25)6-10-19)24(21)29-13-3-4-14-29/h3-15H,16H2,1-2H3,(H,27,32). The first-order valence-electron chi connectivity index (χ1n) is 10.1. The van der Waals surface area contributed by atoms with Crippen molar-refractivity contribution in [2.24, 2.45) is 0 Å². The number of aromatic nitrogens is 3. The third kappa shape index (κ3) is 4.93. The van der Waals surface area contributed by atoms with Crippen LogP contribution in [0.1, 0.15) is 10.4 Å². The van der Waals surface area contributed by atoms with Crippen LogP contribution >= 0.6 is 0 Å². The number of amides is 2. The number of nitrogens with one attached hydrogen (secondary N) is 1. The van der Waals surface area contributed by atoms with E-state index >= 15 is 0 Å². The summed E-state index contributed by atoms with van der Waals surface area (Å²) in [7, 11) is 3.31. The van der Waals surface area contributed by atoms with E-state index in [0.29, 0.717) is 28.5 Å². The van der Waals surface area contributed by atoms with Gasteiger partial charge in [0.05, 0.1) is 11.9 Å². The summed E-state index contributed by atoms with van der Waals surface area (Å²) in [4.78, 5) is 26.2. The van der Waals surface area contributed by atoms with E-state index in [0.717, 1.165) is 0 Å². The normalized spacial score (nSPS) is 10.6. The van der Waals surface area contributed by atoms with Crippen LogP contribution in [-0.2, 0) is 4.79 Å². The predicted molar refractivity (Wildman–Crippen MR) is 121 cm³/mol. The van der Waals surface area contributed by atoms with Crippen LogP contribution in [0.2, 0.25) is 0 Å². The van der Waals surface area contributed by atoms with Crippen LogP contribution in [0, 0.1) is 5.82 Å². The quantitative estimate of drug-likeness (QED) is 0.470. The van der Waals surface area contributed by atoms with E-state index in [2.05, 4.69) is 10.4 Å². The molecule has 4 rings (SSSR count). The lowest BCUT2D eigenvalue weighted by Gasteiger charge is -2.12. The zero-order valence-electron chi connectivity index (χ0n) is 18.1. The fourth-order valence-electron chi connectivity index (χ4n) is 3.10. The number of halogens is 1. The number of anilines is 1. The minimum atomic E-state index is -0.358. The molecule has 2 aromatic carbocycles. The highest BCUT2D eigenvalue weighted by atomic mass is 19.1. The molecule has 168 valence electrons. The molecule has 0 saturated carbocycles. The average Bonchev–Trinajstić information content (AvgIpc) is 3.48. The number of carbonyl (C=O) groups is 2. The van der Waals surface area contributed by atoms with Crippen molar-refractivity contribution in [3.05, 3.63) is 90.6 Å². The molecule has 8 nitrogen and oxygen atoms in total. The number of hydrogen-bond donors (Lipinski definition) is 1. The molecule has 2 aromatic heterocycles. The van der Waals surface area contributed by atoms with Crippen molar-refractivity contribution in [1.82, 2.24) is 19.2 Å². The highest BCUT2D eigenvalue weighted by molar-refractivity contribution is 6.06. The van der Waals surface area contributed by atoms with Gasteiger partial charge in [0.2, 0.25) is 0 Å². The van der Waals surface area contributed by atoms with Gasteiger partial charge in [0, 0.05) is 32.2 Å². The fraction of sp³-hybridized carbons (Fsp3) is 0.125. The maximum atomic E-state index is 13.4. The molecule has 0 atom stereocenters. The molecule has 0 bridgehead atoms. The lowest BCUT2D eigenvalue weighted by atomic mass is 10.2. The SMILES string of the molecule is CN(C)C(=O)COc1ccc(NC(=O)c2cnn(-c3ccc(F)cc3)c2-n2cccc2)cc1. The van der Waals surface area contributed by atoms with Gasteiger partial charge in [-0.05, 0) is 60.7 Å². The van der Waals surface area contributed by atoms with Crippen LogP contribution in [0.3, 0.4) is 0 Å². The molecule has 0 spiro atoms. The van der Waals surface area contributed by atoms with Gasteiger partial charge in [0.15, 0.2) is 12.4 Å². The number of benzene rings is 2. The lowest BCUT2D eigenvalue weighted by molar-refractivity contribution is -0.130. The smallest absolute Gasteiger partial charge is 0.261 e. The van der Waals surface area contributed by atoms with Crippen LogP contribution in [0.15, 0.2) is 79.3 Å². The highest BCUT2D eigenvalue weighted by Gasteiger charge is 2.20. The summed E-state index contributed by atoms with van der Waals surface area (Å²) in [5, 5.41) is 7.21. The molecule has 0 aliphatic heterocycles. The van der Waals surface area contributed by atoms with Crippen molar-refractivity contribution >= 4 is 17.5 Å². The Labute approximate surface area is 189 Å². The summed E-state index contributed by atoms with van der Waals surface area (Å²) in [6.07, 6.45) is 5.07. The third-order valence-corrected chi connectivity index (χ3v) is 4.88. The Morgan fingerprint density at radius 2 is 1.70 bits per heavy atom. The molecule has 2 amide bonds. The fourth-order valence-corrected chi connectivity index (χ4v) is 3.10. The zero-order chi connectivity index (χ0) is 23.4. The maximum absolute atomic E-state index is 13.4. The van der Waals surface area contributed by atoms with Crippen molar-refractivity contribution in [2.45, 2.75) is 0 Å². The summed E-state index contributed by atoms with van der Waals surface area (Å²) in [6.45, 7) is -0.0680. The van der Waals surface area contributed by atoms with E-state index in [1.54, 1.807) is 72.1 Å². The molecule has 0 aliphatic carbocycles. The average molecular weight is 447 g/mol. The number of ether oxygens (including phenoxy) is 1. The molecular weight excluding hydrogens is 425 g/mol. The van der Waals surface area contributed by atoms with E-state index in [1.165, 1.54) is 23.2 Å². The van der Waals surface area contributed by atoms with Gasteiger partial charge in [-0.1, -0.05) is 0 Å². The molecule has 9 heteroatoms. The van der Waals surface area contributed by atoms with Crippen molar-refractivity contribution < 1.29 is 18.7 Å². The summed E-state index contributed by atoms with van der Waals surface area (Å²) in [6, 6.07) is 16.3. The molecule has 2 heterocycles. The zero-order valence-corrected chi connectivity index (χ0v) is 18.1. The molecule has 33 heavy (non-hydrogen) atoms. The second-order valence-corrected chi connectivity index (χ2v) is 7.42. The monoisotopic (exact) mass is 447 g/mol. The Kier molecular flexibility index (Phi) is 6.21. The Balaban J connectivity index is 1.55. The van der Waals surface area contributed by atoms with E-state index in [1.807, 2.05) is 12.1 Å². The highest BCUT2D eigenvalue weighted by Crippen LogP contribution is 2.22. The van der Waals surface area contributed by atoms with Crippen LogP contribution < -0.4 is 10.1 Å². The minimum Gasteiger partial charge on any atom is -0.484 e. The van der Waals surface area contributed by atoms with Gasteiger partial charge in [-0.25, -0.2) is 9.07 Å². The van der Waals surface area contributed by atoms with Gasteiger partial charge in [0.1, 0.15) is 17.1 Å². The Morgan fingerprint density at radius 3 is 2.33 bits per heavy atom. The van der Waals surface area contributed by atoms with Crippen LogP contribution in [0.5, 0.6) is 5.75 Å². The Hall–Kier alpha value is -4.40. The molecule has 0 saturated heterocycles. The number of likely N-dealkylation sites (N-methyl/N-ethyl adjacent to an activating group) is 1. The van der Waals surface area contributed by atoms with E-state index in [4.69, 9.17) is 4.74 Å². The van der Waals surface area contributed by atoms with Crippen LogP contribution in [-0.4, -0.2) is 51.8 Å².